The molecule has 780 valence electrons. The Balaban J connectivity index is 0.000000197. The molecule has 8 aromatic rings. The van der Waals surface area contributed by atoms with Crippen molar-refractivity contribution in [2.75, 3.05) is 136 Å². The van der Waals surface area contributed by atoms with Crippen molar-refractivity contribution < 1.29 is 107 Å². The molecule has 16 rings (SSSR count). The van der Waals surface area contributed by atoms with Crippen LogP contribution in [0.3, 0.4) is 0 Å². The number of nitrogens with zero attached hydrogens (tertiary/aromatic N) is 14. The second kappa shape index (κ2) is 46.5. The van der Waals surface area contributed by atoms with Crippen LogP contribution in [0, 0.1) is 11.6 Å². The molecule has 13 amide bonds. The molecule has 0 aliphatic carbocycles. The van der Waals surface area contributed by atoms with Crippen molar-refractivity contribution in [3.05, 3.63) is 198 Å². The smallest absolute Gasteiger partial charge is 0.417 e. The topological polar surface area (TPSA) is 495 Å². The van der Waals surface area contributed by atoms with Crippen LogP contribution in [0.15, 0.2) is 120 Å². The summed E-state index contributed by atoms with van der Waals surface area (Å²) in [6.45, 7) is 13.6. The summed E-state index contributed by atoms with van der Waals surface area (Å²) in [7, 11) is 3.91. The summed E-state index contributed by atoms with van der Waals surface area (Å²) in [6.07, 6.45) is 2.98. The predicted molar refractivity (Wildman–Crippen MR) is 520 cm³/mol. The Morgan fingerprint density at radius 1 is 0.463 bits per heavy atom. The highest BCUT2D eigenvalue weighted by atomic mass is 19.4. The van der Waals surface area contributed by atoms with Crippen molar-refractivity contribution in [3.63, 3.8) is 0 Å². The maximum absolute atomic E-state index is 16.1. The number of nitrogens with one attached hydrogen (secondary N) is 7. The molecule has 0 saturated carbocycles. The molecule has 4 aromatic carbocycles. The van der Waals surface area contributed by atoms with Gasteiger partial charge in [0.2, 0.25) is 64.4 Å². The van der Waals surface area contributed by atoms with E-state index >= 15 is 8.78 Å². The number of carboxylic acids is 1. The molecule has 47 heteroatoms. The number of pyridine rings is 2. The van der Waals surface area contributed by atoms with Crippen LogP contribution < -0.4 is 63.0 Å². The number of hydrogen-bond donors (Lipinski definition) is 9. The first-order valence-corrected chi connectivity index (χ1v) is 48.3. The standard InChI is InChI=1S/C50H55F4N11O8.C32H36F4N8O5.C18H21N3O4/c1-28-26-64(27-29(2)61(28)3)39-22-36(51)33(20-37(39)59-45(70)34-25-56-42(68)21-35(34)50(52,53)54)31-23-57-49(58-24-31)63-18-16-62(17-19-63)43(69)14-13-40(66)55-15-6-4-5-8-30-9-7-10-32-44(30)48(73)65(47(32)72)38-11-12-41(67)60-46(38)71;1-18-16-44(17-19(2)41(18)3)26-12-24(33)21(10-25(26)40-30(49)22-15-37-27(45)11-23(22)32(34,35)36)20-13-38-31(39-14-20)43-8-6-42(7-9-43)28(46)4-5-29(47)48;19-10-3-1-2-5-11-6-4-7-12-15(11)18(25)21(17(12)24)13-8-9-14(22)20-16(13)23/h7,9-10,20-25,28-29,38H,4-6,8,11-19,26-27H2,1-3H3,(H,55,66)(H,56,68)(H,59,70)(H,60,67,71);10-15,18-19H,4-9,16-17H2,1-3H3,(H,37,45)(H,40,49)(H,47,48);4,6-7,13H,1-3,5,8-10,19H2,(H,20,22,23)/t28-,29+,38?;18-,19+;. The van der Waals surface area contributed by atoms with Gasteiger partial charge < -0.3 is 66.2 Å². The fraction of sp³-hybridized carbons (Fsp3) is 0.440. The van der Waals surface area contributed by atoms with Gasteiger partial charge >= 0.3 is 18.3 Å². The van der Waals surface area contributed by atoms with E-state index in [0.29, 0.717) is 177 Å². The lowest BCUT2D eigenvalue weighted by Gasteiger charge is -2.44. The maximum atomic E-state index is 16.1. The Hall–Kier alpha value is -15.2. The van der Waals surface area contributed by atoms with E-state index in [1.807, 2.05) is 67.5 Å². The fourth-order valence-electron chi connectivity index (χ4n) is 19.1. The Kier molecular flexibility index (Phi) is 34.0. The molecule has 6 saturated heterocycles. The number of anilines is 6. The lowest BCUT2D eigenvalue weighted by molar-refractivity contribution is -0.141. The van der Waals surface area contributed by atoms with E-state index in [4.69, 9.17) is 10.8 Å². The number of aromatic amines is 2. The molecule has 0 bridgehead atoms. The number of aryl methyl sites for hydroxylation is 2. The molecule has 0 spiro atoms. The second-order valence-electron chi connectivity index (χ2n) is 37.4. The van der Waals surface area contributed by atoms with Crippen LogP contribution in [0.25, 0.3) is 22.3 Å². The van der Waals surface area contributed by atoms with Crippen LogP contribution >= 0.6 is 0 Å². The number of halogens is 8. The normalized spacial score (nSPS) is 19.4. The van der Waals surface area contributed by atoms with Crippen molar-refractivity contribution in [1.29, 1.82) is 0 Å². The minimum absolute atomic E-state index is 0.00212. The monoisotopic (exact) mass is 2040 g/mol. The van der Waals surface area contributed by atoms with Gasteiger partial charge in [-0.15, -0.1) is 0 Å². The average Bonchev–Trinajstić information content (AvgIpc) is 1.67. The summed E-state index contributed by atoms with van der Waals surface area (Å²) in [5.74, 6) is -8.88. The summed E-state index contributed by atoms with van der Waals surface area (Å²) >= 11 is 0. The highest BCUT2D eigenvalue weighted by Gasteiger charge is 2.49. The number of carbonyl (C=O) groups excluding carboxylic acids is 13. The maximum Gasteiger partial charge on any atom is 0.417 e. The van der Waals surface area contributed by atoms with Gasteiger partial charge in [-0.05, 0) is 147 Å². The number of carboxylic acid groups (broad SMARTS) is 1. The van der Waals surface area contributed by atoms with Gasteiger partial charge in [-0.1, -0.05) is 37.1 Å². The van der Waals surface area contributed by atoms with Crippen LogP contribution in [-0.4, -0.2) is 289 Å². The van der Waals surface area contributed by atoms with Crippen LogP contribution in [-0.2, 0) is 63.6 Å². The number of imide groups is 4. The fourth-order valence-corrected chi connectivity index (χ4v) is 19.1. The Morgan fingerprint density at radius 2 is 0.844 bits per heavy atom. The van der Waals surface area contributed by atoms with Gasteiger partial charge in [-0.3, -0.25) is 107 Å². The van der Waals surface area contributed by atoms with Gasteiger partial charge in [-0.2, -0.15) is 26.3 Å². The zero-order valence-electron chi connectivity index (χ0n) is 81.4. The van der Waals surface area contributed by atoms with Gasteiger partial charge in [0.15, 0.2) is 0 Å². The number of unbranched alkanes of at least 4 members (excludes halogenated alkanes) is 4. The Labute approximate surface area is 837 Å². The van der Waals surface area contributed by atoms with E-state index in [1.165, 1.54) is 49.1 Å². The van der Waals surface area contributed by atoms with E-state index in [1.54, 1.807) is 40.1 Å². The molecule has 10 N–H and O–H groups in total. The minimum Gasteiger partial charge on any atom is -0.481 e. The third-order valence-corrected chi connectivity index (χ3v) is 27.6. The Morgan fingerprint density at radius 3 is 1.21 bits per heavy atom. The number of aromatic nitrogens is 6. The number of fused-ring (bicyclic) bond motifs is 2. The molecular formula is C100H112F8N22O17. The lowest BCUT2D eigenvalue weighted by atomic mass is 9.98. The number of nitrogens with two attached hydrogens (primary N) is 1. The van der Waals surface area contributed by atoms with Gasteiger partial charge in [0.25, 0.3) is 35.4 Å². The molecule has 12 heterocycles. The van der Waals surface area contributed by atoms with Crippen molar-refractivity contribution in [1.82, 2.24) is 75.3 Å². The van der Waals surface area contributed by atoms with E-state index < -0.39 is 129 Å². The number of benzene rings is 4. The van der Waals surface area contributed by atoms with Crippen LogP contribution in [0.4, 0.5) is 69.8 Å². The van der Waals surface area contributed by atoms with Crippen LogP contribution in [0.2, 0.25) is 0 Å². The first-order chi connectivity index (χ1) is 69.9. The van der Waals surface area contributed by atoms with Gasteiger partial charge in [0.05, 0.1) is 73.7 Å². The van der Waals surface area contributed by atoms with Crippen LogP contribution in [0.1, 0.15) is 202 Å². The molecule has 2 unspecified atom stereocenters. The number of aliphatic carboxylic acids is 1. The molecular weight excluding hydrogens is 1930 g/mol. The lowest BCUT2D eigenvalue weighted by Crippen LogP contribution is -2.55. The number of rotatable bonds is 29. The largest absolute Gasteiger partial charge is 0.481 e. The van der Waals surface area contributed by atoms with Crippen LogP contribution in [0.5, 0.6) is 0 Å². The summed E-state index contributed by atoms with van der Waals surface area (Å²) in [5.41, 5.74) is 2.77. The predicted octanol–water partition coefficient (Wildman–Crippen LogP) is 8.17. The summed E-state index contributed by atoms with van der Waals surface area (Å²) in [4.78, 5) is 237. The van der Waals surface area contributed by atoms with Crippen molar-refractivity contribution >= 4 is 117 Å². The van der Waals surface area contributed by atoms with E-state index in [9.17, 15) is 103 Å². The van der Waals surface area contributed by atoms with E-state index in [2.05, 4.69) is 66.3 Å². The molecule has 8 aliphatic heterocycles. The summed E-state index contributed by atoms with van der Waals surface area (Å²) in [5, 5.41) is 21.1. The molecule has 4 aromatic heterocycles. The highest BCUT2D eigenvalue weighted by Crippen LogP contribution is 2.42. The first kappa shape index (κ1) is 108. The highest BCUT2D eigenvalue weighted by molar-refractivity contribution is 6.25. The SMILES string of the molecule is C[C@@H]1CN(c2cc(F)c(-c3cnc(N4CCN(C(=O)CCC(=O)NCCCCCc5cccc6c5C(=O)N(C5CCC(=O)NC5=O)C6=O)CC4)nc3)cc2NC(=O)c2c[nH]c(=O)cc2C(F)(F)F)C[C@H](C)N1C.C[C@@H]1CN(c2cc(F)c(-c3cnc(N4CCN(C(=O)CCC(=O)O)CC4)nc3)cc2NC(=O)c2c[nH]c(=O)cc2C(F)(F)F)C[C@H](C)N1C.NCCCCCc1cccc2c1C(=O)N(C1CCC(=O)NC1=O)C2=O. The van der Waals surface area contributed by atoms with E-state index in [-0.39, 0.29) is 155 Å². The molecule has 0 radical (unpaired) electrons. The van der Waals surface area contributed by atoms with Gasteiger partial charge in [-0.25, -0.2) is 28.7 Å². The third kappa shape index (κ3) is 25.2. The number of carbonyl (C=O) groups is 14. The summed E-state index contributed by atoms with van der Waals surface area (Å²) < 4.78 is 115. The number of hydrogen-bond acceptors (Lipinski definition) is 27. The van der Waals surface area contributed by atoms with Gasteiger partial charge in [0, 0.05) is 213 Å². The molecule has 6 fully saturated rings. The first-order valence-electron chi connectivity index (χ1n) is 48.3. The number of H-pyrrole nitrogens is 2. The second-order valence-corrected chi connectivity index (χ2v) is 37.4. The van der Waals surface area contributed by atoms with Crippen molar-refractivity contribution in [2.45, 2.75) is 179 Å². The van der Waals surface area contributed by atoms with Gasteiger partial charge in [0.1, 0.15) is 23.7 Å². The molecule has 39 nitrogen and oxygen atoms in total. The quantitative estimate of drug-likeness (QED) is 0.0121. The third-order valence-electron chi connectivity index (χ3n) is 27.6. The Bertz CT molecular complexity index is 6510. The average molecular weight is 2050 g/mol. The number of amides is 13. The summed E-state index contributed by atoms with van der Waals surface area (Å²) in [6, 6.07) is 14.1. The number of piperazine rings is 4. The zero-order chi connectivity index (χ0) is 106. The molecule has 8 aliphatic rings. The molecule has 147 heavy (non-hydrogen) atoms. The number of alkyl halides is 6. The van der Waals surface area contributed by atoms with Crippen molar-refractivity contribution in [2.24, 2.45) is 5.73 Å². The number of piperidine rings is 2. The van der Waals surface area contributed by atoms with Crippen molar-refractivity contribution in [3.8, 4) is 22.3 Å². The van der Waals surface area contributed by atoms with E-state index in [0.717, 1.165) is 34.6 Å². The minimum atomic E-state index is -5.01. The number of likely N-dealkylation sites (N-methyl/N-ethyl adjacent to an activating group) is 2. The molecule has 6 atom stereocenters. The zero-order valence-corrected chi connectivity index (χ0v) is 81.4.